The maximum Gasteiger partial charge on any atom is 0.389 e. The molecule has 232 valence electrons. The van der Waals surface area contributed by atoms with Crippen molar-refractivity contribution in [2.45, 2.75) is 72.7 Å². The van der Waals surface area contributed by atoms with Crippen LogP contribution in [-0.4, -0.2) is 67.4 Å². The van der Waals surface area contributed by atoms with Crippen LogP contribution in [0.1, 0.15) is 39.5 Å². The van der Waals surface area contributed by atoms with Crippen molar-refractivity contribution in [3.05, 3.63) is 42.2 Å². The predicted molar refractivity (Wildman–Crippen MR) is 145 cm³/mol. The summed E-state index contributed by atoms with van der Waals surface area (Å²) in [6, 6.07) is 6.38. The molecule has 1 atom stereocenters. The number of thioether (sulfide) groups is 1. The van der Waals surface area contributed by atoms with Gasteiger partial charge in [0.25, 0.3) is 0 Å². The van der Waals surface area contributed by atoms with E-state index in [1.807, 2.05) is 0 Å². The van der Waals surface area contributed by atoms with Crippen LogP contribution in [0.4, 0.5) is 37.7 Å². The SMILES string of the molecule is CN1C(CCC(F)(F)F)CN(c2ccc(F)cc2)c2cc(SC3CC(F)(F)C3)c(OCC(C)(C)C(=O)O)cc2S1(=O)=O. The van der Waals surface area contributed by atoms with Crippen molar-refractivity contribution >= 4 is 39.1 Å². The van der Waals surface area contributed by atoms with Crippen molar-refractivity contribution in [3.8, 4) is 5.75 Å². The lowest BCUT2D eigenvalue weighted by Gasteiger charge is -2.35. The lowest BCUT2D eigenvalue weighted by Crippen LogP contribution is -2.41. The van der Waals surface area contributed by atoms with Crippen LogP contribution in [-0.2, 0) is 14.8 Å². The van der Waals surface area contributed by atoms with E-state index in [9.17, 15) is 44.7 Å². The van der Waals surface area contributed by atoms with Gasteiger partial charge < -0.3 is 14.7 Å². The monoisotopic (exact) mass is 640 g/mol. The first-order valence-electron chi connectivity index (χ1n) is 13.0. The van der Waals surface area contributed by atoms with Gasteiger partial charge in [-0.05, 0) is 50.6 Å². The first-order chi connectivity index (χ1) is 19.3. The first-order valence-corrected chi connectivity index (χ1v) is 15.3. The molecule has 15 heteroatoms. The number of rotatable bonds is 9. The van der Waals surface area contributed by atoms with Crippen LogP contribution < -0.4 is 9.64 Å². The van der Waals surface area contributed by atoms with E-state index in [2.05, 4.69) is 0 Å². The number of anilines is 2. The smallest absolute Gasteiger partial charge is 0.389 e. The molecule has 0 radical (unpaired) electrons. The standard InChI is InChI=1S/C27H30F6N2O5S2/c1-25(2,24(36)37)15-40-21-11-23-20(10-22(21)41-19-12-26(29,30)13-19)35(17-6-4-16(28)5-7-17)14-18(8-9-27(31,32)33)34(3)42(23,38)39/h4-7,10-11,18-19H,8-9,12-15H2,1-3H3,(H,36,37). The van der Waals surface area contributed by atoms with E-state index in [4.69, 9.17) is 4.74 Å². The summed E-state index contributed by atoms with van der Waals surface area (Å²) in [6.07, 6.45) is -7.22. The maximum absolute atomic E-state index is 13.8. The Morgan fingerprint density at radius 2 is 1.76 bits per heavy atom. The number of alkyl halides is 5. The minimum absolute atomic E-state index is 0.0430. The topological polar surface area (TPSA) is 87.2 Å². The van der Waals surface area contributed by atoms with Gasteiger partial charge in [-0.25, -0.2) is 21.6 Å². The zero-order chi connectivity index (χ0) is 31.3. The number of sulfonamides is 1. The Hall–Kier alpha value is -2.65. The van der Waals surface area contributed by atoms with Gasteiger partial charge in [0.2, 0.25) is 15.9 Å². The molecule has 4 rings (SSSR count). The van der Waals surface area contributed by atoms with Gasteiger partial charge in [-0.2, -0.15) is 17.5 Å². The average molecular weight is 641 g/mol. The van der Waals surface area contributed by atoms with Crippen molar-refractivity contribution in [1.29, 1.82) is 0 Å². The highest BCUT2D eigenvalue weighted by molar-refractivity contribution is 8.00. The van der Waals surface area contributed by atoms with E-state index < -0.39 is 76.3 Å². The van der Waals surface area contributed by atoms with Crippen molar-refractivity contribution < 1.29 is 49.4 Å². The largest absolute Gasteiger partial charge is 0.491 e. The number of likely N-dealkylation sites (N-methyl/N-ethyl adjacent to an activating group) is 1. The number of carboxylic acid groups (broad SMARTS) is 1. The van der Waals surface area contributed by atoms with Gasteiger partial charge >= 0.3 is 12.1 Å². The second-order valence-corrected chi connectivity index (χ2v) is 14.5. The van der Waals surface area contributed by atoms with Crippen LogP contribution in [0.25, 0.3) is 0 Å². The molecule has 42 heavy (non-hydrogen) atoms. The highest BCUT2D eigenvalue weighted by Gasteiger charge is 2.46. The molecule has 0 spiro atoms. The van der Waals surface area contributed by atoms with Crippen LogP contribution in [0, 0.1) is 11.2 Å². The molecule has 0 aromatic heterocycles. The Balaban J connectivity index is 1.86. The Morgan fingerprint density at radius 1 is 1.14 bits per heavy atom. The summed E-state index contributed by atoms with van der Waals surface area (Å²) < 4.78 is 115. The summed E-state index contributed by atoms with van der Waals surface area (Å²) in [5.74, 6) is -4.69. The fraction of sp³-hybridized carbons (Fsp3) is 0.519. The summed E-state index contributed by atoms with van der Waals surface area (Å²) in [4.78, 5) is 13.0. The van der Waals surface area contributed by atoms with Crippen LogP contribution >= 0.6 is 11.8 Å². The van der Waals surface area contributed by atoms with Gasteiger partial charge in [0, 0.05) is 55.9 Å². The molecule has 1 unspecified atom stereocenters. The van der Waals surface area contributed by atoms with Gasteiger partial charge in [-0.15, -0.1) is 11.8 Å². The minimum Gasteiger partial charge on any atom is -0.491 e. The highest BCUT2D eigenvalue weighted by atomic mass is 32.2. The van der Waals surface area contributed by atoms with Gasteiger partial charge in [-0.3, -0.25) is 4.79 Å². The van der Waals surface area contributed by atoms with Crippen LogP contribution in [0.3, 0.4) is 0 Å². The summed E-state index contributed by atoms with van der Waals surface area (Å²) >= 11 is 1.02. The molecule has 0 saturated heterocycles. The van der Waals surface area contributed by atoms with E-state index in [1.54, 1.807) is 0 Å². The molecule has 2 aromatic rings. The van der Waals surface area contributed by atoms with E-state index in [0.29, 0.717) is 5.69 Å². The van der Waals surface area contributed by atoms with Crippen molar-refractivity contribution in [2.75, 3.05) is 25.1 Å². The van der Waals surface area contributed by atoms with Gasteiger partial charge in [0.1, 0.15) is 23.1 Å². The molecule has 2 aromatic carbocycles. The summed E-state index contributed by atoms with van der Waals surface area (Å²) in [5.41, 5.74) is -1.05. The highest BCUT2D eigenvalue weighted by Crippen LogP contribution is 2.51. The lowest BCUT2D eigenvalue weighted by molar-refractivity contribution is -0.148. The second kappa shape index (κ2) is 11.5. The van der Waals surface area contributed by atoms with E-state index in [0.717, 1.165) is 34.3 Å². The Bertz CT molecular complexity index is 1430. The minimum atomic E-state index is -4.54. The number of ether oxygens (including phenoxy) is 1. The molecule has 0 bridgehead atoms. The maximum atomic E-state index is 13.8. The second-order valence-electron chi connectivity index (χ2n) is 11.2. The molecule has 0 amide bonds. The average Bonchev–Trinajstić information content (AvgIpc) is 2.93. The fourth-order valence-electron chi connectivity index (χ4n) is 4.59. The summed E-state index contributed by atoms with van der Waals surface area (Å²) in [5, 5.41) is 8.97. The van der Waals surface area contributed by atoms with E-state index in [1.165, 1.54) is 44.0 Å². The zero-order valence-electron chi connectivity index (χ0n) is 22.9. The van der Waals surface area contributed by atoms with E-state index >= 15 is 0 Å². The third-order valence-electron chi connectivity index (χ3n) is 7.29. The molecule has 1 N–H and O–H groups in total. The third kappa shape index (κ3) is 7.10. The number of benzene rings is 2. The number of nitrogens with zero attached hydrogens (tertiary/aromatic N) is 2. The summed E-state index contributed by atoms with van der Waals surface area (Å²) in [7, 11) is -3.28. The molecule has 2 aliphatic rings. The van der Waals surface area contributed by atoms with Gasteiger partial charge in [-0.1, -0.05) is 0 Å². The number of carboxylic acids is 1. The molecular formula is C27H30F6N2O5S2. The van der Waals surface area contributed by atoms with Gasteiger partial charge in [0.15, 0.2) is 0 Å². The Kier molecular flexibility index (Phi) is 8.80. The number of carbonyl (C=O) groups is 1. The molecule has 1 aliphatic carbocycles. The van der Waals surface area contributed by atoms with Crippen molar-refractivity contribution in [2.24, 2.45) is 5.41 Å². The molecule has 1 fully saturated rings. The van der Waals surface area contributed by atoms with Crippen LogP contribution in [0.15, 0.2) is 46.2 Å². The quantitative estimate of drug-likeness (QED) is 0.306. The number of hydrogen-bond acceptors (Lipinski definition) is 6. The van der Waals surface area contributed by atoms with Crippen LogP contribution in [0.2, 0.25) is 0 Å². The zero-order valence-corrected chi connectivity index (χ0v) is 24.6. The number of aliphatic carboxylic acids is 1. The lowest BCUT2D eigenvalue weighted by atomic mass is 9.94. The normalized spacial score (nSPS) is 20.9. The molecule has 1 heterocycles. The fourth-order valence-corrected chi connectivity index (χ4v) is 7.58. The predicted octanol–water partition coefficient (Wildman–Crippen LogP) is 6.69. The summed E-state index contributed by atoms with van der Waals surface area (Å²) in [6.45, 7) is 2.18. The molecule has 1 saturated carbocycles. The molecule has 1 aliphatic heterocycles. The molecule has 7 nitrogen and oxygen atoms in total. The van der Waals surface area contributed by atoms with Crippen molar-refractivity contribution in [3.63, 3.8) is 0 Å². The third-order valence-corrected chi connectivity index (χ3v) is 10.5. The Labute approximate surface area is 243 Å². The number of fused-ring (bicyclic) bond motifs is 1. The van der Waals surface area contributed by atoms with Gasteiger partial charge in [0.05, 0.1) is 16.0 Å². The Morgan fingerprint density at radius 3 is 2.31 bits per heavy atom. The van der Waals surface area contributed by atoms with Crippen molar-refractivity contribution in [1.82, 2.24) is 4.31 Å². The molecular weight excluding hydrogens is 610 g/mol. The number of halogens is 6. The van der Waals surface area contributed by atoms with E-state index in [-0.39, 0.29) is 34.4 Å². The first kappa shape index (κ1) is 32.3. The van der Waals surface area contributed by atoms with Crippen LogP contribution in [0.5, 0.6) is 5.75 Å². The number of hydrogen-bond donors (Lipinski definition) is 1.